The second kappa shape index (κ2) is 22.1. The average Bonchev–Trinajstić information content (AvgIpc) is 3.44. The molecule has 0 aliphatic carbocycles. The van der Waals surface area contributed by atoms with Crippen LogP contribution in [-0.4, -0.2) is 126 Å². The Balaban J connectivity index is 1.47. The minimum atomic E-state index is -2.15. The molecule has 0 spiro atoms. The fraction of sp³-hybridized carbons (Fsp3) is 0.333. The lowest BCUT2D eigenvalue weighted by Gasteiger charge is -2.37. The van der Waals surface area contributed by atoms with E-state index in [1.165, 1.54) is 24.0 Å². The van der Waals surface area contributed by atoms with Crippen LogP contribution in [0.2, 0.25) is 10.0 Å². The van der Waals surface area contributed by atoms with Crippen LogP contribution in [0.5, 0.6) is 11.5 Å². The number of likely N-dealkylation sites (N-methyl/N-ethyl adjacent to an activating group) is 2. The van der Waals surface area contributed by atoms with Crippen LogP contribution in [0.25, 0.3) is 0 Å². The van der Waals surface area contributed by atoms with Crippen LogP contribution in [0.1, 0.15) is 25.0 Å². The third kappa shape index (κ3) is 11.6. The van der Waals surface area contributed by atoms with Crippen LogP contribution in [0.15, 0.2) is 107 Å². The van der Waals surface area contributed by atoms with Crippen LogP contribution >= 0.6 is 46.7 Å². The minimum absolute atomic E-state index is 0.145. The summed E-state index contributed by atoms with van der Waals surface area (Å²) in [4.78, 5) is 87.6. The molecule has 360 valence electrons. The van der Waals surface area contributed by atoms with Gasteiger partial charge in [-0.25, -0.2) is 9.59 Å². The summed E-state index contributed by atoms with van der Waals surface area (Å²) in [5.41, 5.74) is 1.25. The number of carbonyl (C=O) groups excluding carboxylic acids is 6. The van der Waals surface area contributed by atoms with E-state index < -0.39 is 57.8 Å². The first-order chi connectivity index (χ1) is 32.3. The number of thioether (sulfide) groups is 2. The monoisotopic (exact) mass is 1010 g/mol. The van der Waals surface area contributed by atoms with Crippen molar-refractivity contribution in [2.45, 2.75) is 45.7 Å². The first kappa shape index (κ1) is 51.6. The van der Waals surface area contributed by atoms with Crippen molar-refractivity contribution in [3.05, 3.63) is 118 Å². The van der Waals surface area contributed by atoms with Crippen molar-refractivity contribution in [3.8, 4) is 11.5 Å². The Hall–Kier alpha value is -5.76. The summed E-state index contributed by atoms with van der Waals surface area (Å²) in [6, 6.07) is 22.3. The van der Waals surface area contributed by atoms with Crippen molar-refractivity contribution >= 4 is 93.8 Å². The van der Waals surface area contributed by atoms with Gasteiger partial charge in [0, 0.05) is 83.1 Å². The normalized spacial score (nSPS) is 20.3. The molecule has 0 saturated heterocycles. The lowest BCUT2D eigenvalue weighted by atomic mass is 10.0. The van der Waals surface area contributed by atoms with E-state index in [9.17, 15) is 28.8 Å². The molecule has 4 aromatic rings. The topological polar surface area (TPSA) is 171 Å². The Morgan fingerprint density at radius 3 is 1.26 bits per heavy atom. The summed E-state index contributed by atoms with van der Waals surface area (Å²) in [5, 5.41) is 0.608. The highest BCUT2D eigenvalue weighted by Crippen LogP contribution is 2.55. The Labute approximate surface area is 412 Å². The number of hydrogen-bond donors (Lipinski definition) is 0. The lowest BCUT2D eigenvalue weighted by Crippen LogP contribution is -2.53. The fourth-order valence-corrected chi connectivity index (χ4v) is 10.7. The Kier molecular flexibility index (Phi) is 16.8. The van der Waals surface area contributed by atoms with Crippen molar-refractivity contribution in [3.63, 3.8) is 0 Å². The largest absolute Gasteiger partial charge is 0.497 e. The zero-order chi connectivity index (χ0) is 49.5. The molecule has 4 aromatic carbocycles. The molecule has 16 nitrogen and oxygen atoms in total. The third-order valence-corrected chi connectivity index (χ3v) is 13.8. The van der Waals surface area contributed by atoms with E-state index in [0.29, 0.717) is 55.8 Å². The number of methoxy groups -OCH3 is 2. The zero-order valence-corrected chi connectivity index (χ0v) is 41.6. The summed E-state index contributed by atoms with van der Waals surface area (Å²) in [6.07, 6.45) is -2.04. The summed E-state index contributed by atoms with van der Waals surface area (Å²) in [5.74, 6) is -4.61. The number of carbonyl (C=O) groups is 6. The van der Waals surface area contributed by atoms with Gasteiger partial charge in [-0.2, -0.15) is 0 Å². The molecule has 0 bridgehead atoms. The number of amides is 2. The summed E-state index contributed by atoms with van der Waals surface area (Å²) < 4.78 is 35.1. The van der Waals surface area contributed by atoms with Gasteiger partial charge in [0.1, 0.15) is 11.5 Å². The molecule has 4 atom stereocenters. The van der Waals surface area contributed by atoms with E-state index in [0.717, 1.165) is 49.5 Å². The van der Waals surface area contributed by atoms with E-state index in [1.807, 2.05) is 38.0 Å². The number of anilines is 2. The van der Waals surface area contributed by atoms with Crippen LogP contribution < -0.4 is 19.3 Å². The standard InChI is InChI=1S/C48H50Cl2N4O12S2/c1-29(55)63-43-45(59)53(25-23-51(3)4)37-19-13-33(49)27-39(37)67-47(43,31-9-15-35(61-7)16-10-31)65-41(57)21-22-42(58)66-48(32-11-17-36(62-8)18-12-32)44(64-30(2)56)46(60)54(26-24-52(5)6)38-20-14-34(50)28-40(38)68-48/h9-22,27-28,43-44H,23-26H2,1-8H3/b22-21-/t43-,44-,47+,48+/m0/s1. The molecule has 0 N–H and O–H groups in total. The van der Waals surface area contributed by atoms with Gasteiger partial charge in [-0.3, -0.25) is 19.2 Å². The Morgan fingerprint density at radius 1 is 0.603 bits per heavy atom. The van der Waals surface area contributed by atoms with Crippen molar-refractivity contribution in [2.24, 2.45) is 0 Å². The van der Waals surface area contributed by atoms with Gasteiger partial charge < -0.3 is 48.0 Å². The molecular formula is C48H50Cl2N4O12S2. The maximum Gasteiger partial charge on any atom is 0.332 e. The molecule has 20 heteroatoms. The number of nitrogens with zero attached hydrogens (tertiary/aromatic N) is 4. The molecule has 0 saturated carbocycles. The van der Waals surface area contributed by atoms with Crippen LogP contribution in [0, 0.1) is 0 Å². The maximum atomic E-state index is 14.9. The van der Waals surface area contributed by atoms with Gasteiger partial charge in [0.2, 0.25) is 22.1 Å². The minimum Gasteiger partial charge on any atom is -0.497 e. The second-order valence-corrected chi connectivity index (χ2v) is 19.3. The Bertz CT molecular complexity index is 2410. The van der Waals surface area contributed by atoms with Gasteiger partial charge in [-0.05, 0) is 88.9 Å². The number of hydrogen-bond acceptors (Lipinski definition) is 16. The van der Waals surface area contributed by atoms with Gasteiger partial charge in [0.15, 0.2) is 0 Å². The smallest absolute Gasteiger partial charge is 0.332 e. The van der Waals surface area contributed by atoms with Gasteiger partial charge in [0.05, 0.1) is 25.6 Å². The Morgan fingerprint density at radius 2 is 0.956 bits per heavy atom. The van der Waals surface area contributed by atoms with E-state index >= 15 is 0 Å². The lowest BCUT2D eigenvalue weighted by molar-refractivity contribution is -0.174. The molecule has 2 amide bonds. The highest BCUT2D eigenvalue weighted by Gasteiger charge is 2.57. The van der Waals surface area contributed by atoms with E-state index in [4.69, 9.17) is 51.6 Å². The number of esters is 4. The van der Waals surface area contributed by atoms with Gasteiger partial charge >= 0.3 is 23.9 Å². The summed E-state index contributed by atoms with van der Waals surface area (Å²) in [6.45, 7) is 3.34. The summed E-state index contributed by atoms with van der Waals surface area (Å²) >= 11 is 14.9. The van der Waals surface area contributed by atoms with Crippen molar-refractivity contribution in [1.29, 1.82) is 0 Å². The molecule has 68 heavy (non-hydrogen) atoms. The first-order valence-electron chi connectivity index (χ1n) is 21.0. The maximum absolute atomic E-state index is 14.9. The van der Waals surface area contributed by atoms with Gasteiger partial charge in [-0.15, -0.1) is 0 Å². The van der Waals surface area contributed by atoms with Crippen molar-refractivity contribution in [1.82, 2.24) is 9.80 Å². The van der Waals surface area contributed by atoms with Crippen molar-refractivity contribution < 1.29 is 57.2 Å². The second-order valence-electron chi connectivity index (χ2n) is 16.0. The van der Waals surface area contributed by atoms with Crippen molar-refractivity contribution in [2.75, 3.05) is 78.4 Å². The van der Waals surface area contributed by atoms with Gasteiger partial charge in [-0.1, -0.05) is 71.0 Å². The summed E-state index contributed by atoms with van der Waals surface area (Å²) in [7, 11) is 10.3. The predicted octanol–water partition coefficient (Wildman–Crippen LogP) is 6.92. The highest BCUT2D eigenvalue weighted by atomic mass is 35.5. The number of benzene rings is 4. The van der Waals surface area contributed by atoms with Crippen LogP contribution in [0.3, 0.4) is 0 Å². The SMILES string of the molecule is COc1ccc([C@@]2(OC(=O)/C=C\C(=O)O[C@]3(c4ccc(OC)cc4)Sc4cc(Cl)ccc4N(CCN(C)C)C(=O)[C@@H]3OC(C)=O)Sc3cc(Cl)ccc3N(CCN(C)C)C(=O)[C@@H]2OC(C)=O)cc1. The quantitative estimate of drug-likeness (QED) is 0.0643. The average molecular weight is 1010 g/mol. The molecular weight excluding hydrogens is 960 g/mol. The number of halogens is 2. The van der Waals surface area contributed by atoms with Gasteiger partial charge in [0.25, 0.3) is 11.8 Å². The molecule has 0 unspecified atom stereocenters. The first-order valence-corrected chi connectivity index (χ1v) is 23.4. The zero-order valence-electron chi connectivity index (χ0n) is 38.5. The molecule has 2 heterocycles. The molecule has 0 aromatic heterocycles. The molecule has 6 rings (SSSR count). The molecule has 0 fully saturated rings. The molecule has 0 radical (unpaired) electrons. The molecule has 2 aliphatic rings. The fourth-order valence-electron chi connectivity index (χ4n) is 7.35. The van der Waals surface area contributed by atoms with Crippen LogP contribution in [-0.2, 0) is 57.6 Å². The number of rotatable bonds is 16. The predicted molar refractivity (Wildman–Crippen MR) is 258 cm³/mol. The highest BCUT2D eigenvalue weighted by molar-refractivity contribution is 8.00. The third-order valence-electron chi connectivity index (χ3n) is 10.6. The van der Waals surface area contributed by atoms with E-state index in [2.05, 4.69) is 0 Å². The molecule has 2 aliphatic heterocycles. The van der Waals surface area contributed by atoms with Crippen LogP contribution in [0.4, 0.5) is 11.4 Å². The number of fused-ring (bicyclic) bond motifs is 2. The van der Waals surface area contributed by atoms with E-state index in [-0.39, 0.29) is 24.2 Å². The number of ether oxygens (including phenoxy) is 6. The van der Waals surface area contributed by atoms with E-state index in [1.54, 1.807) is 84.9 Å².